The maximum absolute atomic E-state index is 12.5. The number of ether oxygens (including phenoxy) is 1. The van der Waals surface area contributed by atoms with E-state index in [9.17, 15) is 13.2 Å². The third-order valence-electron chi connectivity index (χ3n) is 1.98. The molecule has 3 N–H and O–H groups in total. The average Bonchev–Trinajstić information content (AvgIpc) is 2.74. The molecule has 0 aliphatic rings. The van der Waals surface area contributed by atoms with Crippen LogP contribution >= 0.6 is 11.3 Å². The molecule has 8 heteroatoms. The van der Waals surface area contributed by atoms with Crippen molar-refractivity contribution in [3.8, 4) is 0 Å². The molecule has 0 aliphatic carbocycles. The van der Waals surface area contributed by atoms with Gasteiger partial charge in [-0.3, -0.25) is 0 Å². The quantitative estimate of drug-likeness (QED) is 0.372. The van der Waals surface area contributed by atoms with E-state index < -0.39 is 24.5 Å². The molecule has 1 unspecified atom stereocenters. The van der Waals surface area contributed by atoms with Crippen LogP contribution in [-0.2, 0) is 11.3 Å². The zero-order chi connectivity index (χ0) is 12.9. The molecule has 1 aromatic rings. The smallest absolute Gasteiger partial charge is 0.401 e. The predicted molar refractivity (Wildman–Crippen MR) is 56.9 cm³/mol. The van der Waals surface area contributed by atoms with Crippen LogP contribution in [0.25, 0.3) is 0 Å². The molecule has 1 rings (SSSR count). The van der Waals surface area contributed by atoms with E-state index in [1.807, 2.05) is 0 Å². The first-order valence-corrected chi connectivity index (χ1v) is 5.47. The van der Waals surface area contributed by atoms with Crippen LogP contribution in [0.4, 0.5) is 13.2 Å². The van der Waals surface area contributed by atoms with Gasteiger partial charge >= 0.3 is 6.18 Å². The van der Waals surface area contributed by atoms with E-state index in [0.717, 1.165) is 4.88 Å². The van der Waals surface area contributed by atoms with E-state index in [1.165, 1.54) is 11.3 Å². The van der Waals surface area contributed by atoms with E-state index in [2.05, 4.69) is 5.16 Å². The maximum atomic E-state index is 12.5. The number of halogens is 3. The van der Waals surface area contributed by atoms with Gasteiger partial charge in [-0.05, 0) is 11.4 Å². The third kappa shape index (κ3) is 4.23. The summed E-state index contributed by atoms with van der Waals surface area (Å²) >= 11 is 1.38. The molecule has 96 valence electrons. The van der Waals surface area contributed by atoms with Crippen molar-refractivity contribution >= 4 is 17.2 Å². The van der Waals surface area contributed by atoms with Crippen molar-refractivity contribution in [2.24, 2.45) is 16.8 Å². The van der Waals surface area contributed by atoms with Gasteiger partial charge in [-0.2, -0.15) is 13.2 Å². The highest BCUT2D eigenvalue weighted by Crippen LogP contribution is 2.27. The Hall–Kier alpha value is -1.28. The normalized spacial score (nSPS) is 14.9. The summed E-state index contributed by atoms with van der Waals surface area (Å²) in [6.45, 7) is -0.597. The number of thiophene rings is 1. The number of rotatable bonds is 5. The minimum Gasteiger partial charge on any atom is -0.409 e. The summed E-state index contributed by atoms with van der Waals surface area (Å²) < 4.78 is 42.3. The molecule has 0 amide bonds. The minimum atomic E-state index is -4.59. The van der Waals surface area contributed by atoms with Crippen LogP contribution in [0.5, 0.6) is 0 Å². The monoisotopic (exact) mass is 268 g/mol. The Kier molecular flexibility index (Phi) is 4.76. The van der Waals surface area contributed by atoms with Gasteiger partial charge < -0.3 is 15.7 Å². The van der Waals surface area contributed by atoms with Crippen molar-refractivity contribution in [3.63, 3.8) is 0 Å². The van der Waals surface area contributed by atoms with Gasteiger partial charge in [0.25, 0.3) is 0 Å². The number of amidine groups is 1. The molecule has 0 bridgehead atoms. The molecule has 1 heterocycles. The lowest BCUT2D eigenvalue weighted by molar-refractivity contribution is -0.169. The van der Waals surface area contributed by atoms with E-state index >= 15 is 0 Å². The Morgan fingerprint density at radius 3 is 2.76 bits per heavy atom. The van der Waals surface area contributed by atoms with E-state index in [1.54, 1.807) is 17.5 Å². The maximum Gasteiger partial charge on any atom is 0.401 e. The van der Waals surface area contributed by atoms with Gasteiger partial charge in [0, 0.05) is 4.88 Å². The van der Waals surface area contributed by atoms with Crippen LogP contribution in [-0.4, -0.2) is 23.8 Å². The van der Waals surface area contributed by atoms with Gasteiger partial charge in [0.15, 0.2) is 5.84 Å². The Balaban J connectivity index is 2.51. The number of hydrogen-bond donors (Lipinski definition) is 2. The molecular weight excluding hydrogens is 257 g/mol. The third-order valence-corrected chi connectivity index (χ3v) is 2.83. The molecule has 0 spiro atoms. The molecule has 0 aromatic carbocycles. The molecule has 1 aromatic heterocycles. The lowest BCUT2D eigenvalue weighted by Crippen LogP contribution is -2.39. The van der Waals surface area contributed by atoms with Gasteiger partial charge in [0.2, 0.25) is 0 Å². The number of hydrogen-bond acceptors (Lipinski definition) is 4. The topological polar surface area (TPSA) is 67.8 Å². The van der Waals surface area contributed by atoms with Gasteiger partial charge in [0.1, 0.15) is 5.92 Å². The first-order chi connectivity index (χ1) is 7.95. The predicted octanol–water partition coefficient (Wildman–Crippen LogP) is 2.19. The fourth-order valence-corrected chi connectivity index (χ4v) is 1.73. The molecule has 0 aliphatic heterocycles. The van der Waals surface area contributed by atoms with Crippen LogP contribution in [0.2, 0.25) is 0 Å². The van der Waals surface area contributed by atoms with Crippen molar-refractivity contribution < 1.29 is 23.1 Å². The van der Waals surface area contributed by atoms with Crippen molar-refractivity contribution in [1.29, 1.82) is 0 Å². The summed E-state index contributed by atoms with van der Waals surface area (Å²) in [5.41, 5.74) is 4.97. The number of oxime groups is 1. The fourth-order valence-electron chi connectivity index (χ4n) is 1.09. The second-order valence-electron chi connectivity index (χ2n) is 3.21. The Bertz CT molecular complexity index is 365. The van der Waals surface area contributed by atoms with Crippen LogP contribution in [0.1, 0.15) is 4.88 Å². The molecule has 0 saturated carbocycles. The van der Waals surface area contributed by atoms with Gasteiger partial charge in [-0.1, -0.05) is 11.2 Å². The van der Waals surface area contributed by atoms with Crippen molar-refractivity contribution in [2.45, 2.75) is 12.8 Å². The molecule has 17 heavy (non-hydrogen) atoms. The van der Waals surface area contributed by atoms with Crippen LogP contribution in [0.15, 0.2) is 22.7 Å². The number of alkyl halides is 3. The molecule has 0 radical (unpaired) electrons. The average molecular weight is 268 g/mol. The second-order valence-corrected chi connectivity index (χ2v) is 4.25. The highest BCUT2D eigenvalue weighted by Gasteiger charge is 2.43. The zero-order valence-electron chi connectivity index (χ0n) is 8.65. The van der Waals surface area contributed by atoms with Gasteiger partial charge in [0.05, 0.1) is 13.2 Å². The van der Waals surface area contributed by atoms with Crippen LogP contribution in [0, 0.1) is 5.92 Å². The van der Waals surface area contributed by atoms with Crippen molar-refractivity contribution in [3.05, 3.63) is 22.4 Å². The highest BCUT2D eigenvalue weighted by atomic mass is 32.1. The Morgan fingerprint density at radius 1 is 1.59 bits per heavy atom. The lowest BCUT2D eigenvalue weighted by Gasteiger charge is -2.18. The van der Waals surface area contributed by atoms with Gasteiger partial charge in [-0.25, -0.2) is 0 Å². The number of nitrogens with zero attached hydrogens (tertiary/aromatic N) is 1. The second kappa shape index (κ2) is 5.87. The fraction of sp³-hybridized carbons (Fsp3) is 0.444. The first kappa shape index (κ1) is 13.8. The lowest BCUT2D eigenvalue weighted by atomic mass is 10.1. The minimum absolute atomic E-state index is 0.0724. The highest BCUT2D eigenvalue weighted by molar-refractivity contribution is 7.09. The Morgan fingerprint density at radius 2 is 2.29 bits per heavy atom. The van der Waals surface area contributed by atoms with Crippen molar-refractivity contribution in [1.82, 2.24) is 0 Å². The van der Waals surface area contributed by atoms with Crippen molar-refractivity contribution in [2.75, 3.05) is 6.61 Å². The molecule has 0 fully saturated rings. The molecule has 0 saturated heterocycles. The summed E-state index contributed by atoms with van der Waals surface area (Å²) in [7, 11) is 0. The molecule has 1 atom stereocenters. The summed E-state index contributed by atoms with van der Waals surface area (Å²) in [6.07, 6.45) is -4.59. The Labute approximate surface area is 99.5 Å². The van der Waals surface area contributed by atoms with E-state index in [4.69, 9.17) is 15.7 Å². The van der Waals surface area contributed by atoms with E-state index in [0.29, 0.717) is 0 Å². The number of nitrogens with two attached hydrogens (primary N) is 1. The molecular formula is C9H11F3N2O2S. The standard InChI is InChI=1S/C9H11F3N2O2S/c10-9(11,12)7(8(13)14-15)5-16-4-6-2-1-3-17-6/h1-3,7,15H,4-5H2,(H2,13,14). The summed E-state index contributed by atoms with van der Waals surface area (Å²) in [5.74, 6) is -2.99. The zero-order valence-corrected chi connectivity index (χ0v) is 9.46. The first-order valence-electron chi connectivity index (χ1n) is 4.59. The SMILES string of the molecule is N/C(=N/O)C(COCc1cccs1)C(F)(F)F. The largest absolute Gasteiger partial charge is 0.409 e. The molecule has 4 nitrogen and oxygen atoms in total. The van der Waals surface area contributed by atoms with Gasteiger partial charge in [-0.15, -0.1) is 11.3 Å². The summed E-state index contributed by atoms with van der Waals surface area (Å²) in [6, 6.07) is 3.52. The summed E-state index contributed by atoms with van der Waals surface area (Å²) in [4.78, 5) is 0.811. The van der Waals surface area contributed by atoms with Crippen LogP contribution < -0.4 is 5.73 Å². The summed E-state index contributed by atoms with van der Waals surface area (Å²) in [5, 5.41) is 12.4. The van der Waals surface area contributed by atoms with E-state index in [-0.39, 0.29) is 6.61 Å². The van der Waals surface area contributed by atoms with Crippen LogP contribution in [0.3, 0.4) is 0 Å².